The lowest BCUT2D eigenvalue weighted by Gasteiger charge is -2.39. The number of guanidine groups is 1. The first-order chi connectivity index (χ1) is 12.7. The van der Waals surface area contributed by atoms with Gasteiger partial charge in [-0.2, -0.15) is 11.8 Å². The van der Waals surface area contributed by atoms with Crippen LogP contribution in [0.3, 0.4) is 0 Å². The highest BCUT2D eigenvalue weighted by Gasteiger charge is 2.33. The molecule has 0 saturated carbocycles. The number of rotatable bonds is 9. The largest absolute Gasteiger partial charge is 0.381 e. The lowest BCUT2D eigenvalue weighted by atomic mass is 9.88. The third kappa shape index (κ3) is 6.82. The molecule has 0 bridgehead atoms. The number of hydrogen-bond acceptors (Lipinski definition) is 4. The van der Waals surface area contributed by atoms with Gasteiger partial charge in [-0.15, -0.1) is 0 Å². The Morgan fingerprint density at radius 3 is 2.62 bits per heavy atom. The first kappa shape index (κ1) is 21.1. The number of ether oxygens (including phenoxy) is 1. The van der Waals surface area contributed by atoms with Gasteiger partial charge in [0.2, 0.25) is 0 Å². The van der Waals surface area contributed by atoms with Crippen molar-refractivity contribution in [1.82, 2.24) is 16.0 Å². The van der Waals surface area contributed by atoms with Crippen molar-refractivity contribution in [3.05, 3.63) is 35.9 Å². The summed E-state index contributed by atoms with van der Waals surface area (Å²) in [6.07, 6.45) is 4.09. The van der Waals surface area contributed by atoms with Crippen LogP contribution in [-0.4, -0.2) is 56.4 Å². The maximum atomic E-state index is 5.62. The molecule has 1 aromatic carbocycles. The SMILES string of the molecule is CCNC(=NCC1(NC(C)c2ccccc2)CCOCC1)NCCSC. The van der Waals surface area contributed by atoms with Crippen LogP contribution in [0.2, 0.25) is 0 Å². The Balaban J connectivity index is 2.05. The Bertz CT molecular complexity index is 532. The van der Waals surface area contributed by atoms with Gasteiger partial charge < -0.3 is 20.7 Å². The summed E-state index contributed by atoms with van der Waals surface area (Å²) < 4.78 is 5.62. The van der Waals surface area contributed by atoms with Crippen molar-refractivity contribution in [1.29, 1.82) is 0 Å². The summed E-state index contributed by atoms with van der Waals surface area (Å²) >= 11 is 1.84. The normalized spacial score (nSPS) is 18.3. The van der Waals surface area contributed by atoms with Gasteiger partial charge >= 0.3 is 0 Å². The van der Waals surface area contributed by atoms with Crippen molar-refractivity contribution < 1.29 is 4.74 Å². The quantitative estimate of drug-likeness (QED) is 0.350. The second kappa shape index (κ2) is 11.5. The molecular weight excluding hydrogens is 344 g/mol. The fourth-order valence-corrected chi connectivity index (χ4v) is 3.54. The van der Waals surface area contributed by atoms with Gasteiger partial charge in [0.1, 0.15) is 0 Å². The fourth-order valence-electron chi connectivity index (χ4n) is 3.24. The smallest absolute Gasteiger partial charge is 0.191 e. The van der Waals surface area contributed by atoms with E-state index in [4.69, 9.17) is 9.73 Å². The molecule has 5 nitrogen and oxygen atoms in total. The first-order valence-corrected chi connectivity index (χ1v) is 11.0. The molecule has 1 aromatic rings. The standard InChI is InChI=1S/C20H34N4OS/c1-4-21-19(22-12-15-26-3)23-16-20(10-13-25-14-11-20)24-17(2)18-8-6-5-7-9-18/h5-9,17,24H,4,10-16H2,1-3H3,(H2,21,22,23). The molecule has 3 N–H and O–H groups in total. The highest BCUT2D eigenvalue weighted by atomic mass is 32.2. The summed E-state index contributed by atoms with van der Waals surface area (Å²) in [6.45, 7) is 8.47. The zero-order valence-corrected chi connectivity index (χ0v) is 17.2. The second-order valence-corrected chi connectivity index (χ2v) is 7.77. The van der Waals surface area contributed by atoms with Gasteiger partial charge in [-0.3, -0.25) is 4.99 Å². The Hall–Kier alpha value is -1.24. The molecule has 1 aliphatic rings. The van der Waals surface area contributed by atoms with E-state index in [1.807, 2.05) is 11.8 Å². The van der Waals surface area contributed by atoms with Crippen molar-refractivity contribution in [2.45, 2.75) is 38.3 Å². The van der Waals surface area contributed by atoms with Crippen molar-refractivity contribution in [3.8, 4) is 0 Å². The Kier molecular flexibility index (Phi) is 9.29. The van der Waals surface area contributed by atoms with Crippen LogP contribution in [0.1, 0.15) is 38.3 Å². The lowest BCUT2D eigenvalue weighted by Crippen LogP contribution is -2.53. The topological polar surface area (TPSA) is 57.7 Å². The van der Waals surface area contributed by atoms with Crippen molar-refractivity contribution >= 4 is 17.7 Å². The van der Waals surface area contributed by atoms with Gasteiger partial charge in [0.05, 0.1) is 6.54 Å². The lowest BCUT2D eigenvalue weighted by molar-refractivity contribution is 0.0374. The van der Waals surface area contributed by atoms with Crippen LogP contribution >= 0.6 is 11.8 Å². The fraction of sp³-hybridized carbons (Fsp3) is 0.650. The van der Waals surface area contributed by atoms with Gasteiger partial charge in [-0.1, -0.05) is 30.3 Å². The maximum Gasteiger partial charge on any atom is 0.191 e. The molecule has 0 aliphatic carbocycles. The van der Waals surface area contributed by atoms with Gasteiger partial charge in [-0.25, -0.2) is 0 Å². The molecule has 2 rings (SSSR count). The summed E-state index contributed by atoms with van der Waals surface area (Å²) in [5.74, 6) is 1.98. The first-order valence-electron chi connectivity index (χ1n) is 9.60. The molecule has 0 amide bonds. The molecule has 0 spiro atoms. The number of nitrogens with one attached hydrogen (secondary N) is 3. The zero-order valence-electron chi connectivity index (χ0n) is 16.4. The molecule has 6 heteroatoms. The highest BCUT2D eigenvalue weighted by molar-refractivity contribution is 7.98. The van der Waals surface area contributed by atoms with Crippen LogP contribution in [0.4, 0.5) is 0 Å². The third-order valence-electron chi connectivity index (χ3n) is 4.75. The minimum Gasteiger partial charge on any atom is -0.381 e. The number of aliphatic imine (C=N–C) groups is 1. The molecule has 1 unspecified atom stereocenters. The van der Waals surface area contributed by atoms with Crippen molar-refractivity contribution in [2.24, 2.45) is 4.99 Å². The molecule has 1 aliphatic heterocycles. The Morgan fingerprint density at radius 1 is 1.23 bits per heavy atom. The summed E-state index contributed by atoms with van der Waals surface area (Å²) in [4.78, 5) is 4.89. The number of nitrogens with zero attached hydrogens (tertiary/aromatic N) is 1. The molecule has 1 fully saturated rings. The monoisotopic (exact) mass is 378 g/mol. The van der Waals surface area contributed by atoms with Gasteiger partial charge in [0, 0.05) is 43.6 Å². The summed E-state index contributed by atoms with van der Waals surface area (Å²) in [6, 6.07) is 10.9. The molecule has 0 radical (unpaired) electrons. The average Bonchev–Trinajstić information content (AvgIpc) is 2.68. The van der Waals surface area contributed by atoms with E-state index >= 15 is 0 Å². The van der Waals surface area contributed by atoms with E-state index in [-0.39, 0.29) is 11.6 Å². The summed E-state index contributed by atoms with van der Waals surface area (Å²) in [5, 5.41) is 10.6. The Morgan fingerprint density at radius 2 is 1.96 bits per heavy atom. The minimum atomic E-state index is -0.0185. The van der Waals surface area contributed by atoms with Crippen LogP contribution < -0.4 is 16.0 Å². The zero-order chi connectivity index (χ0) is 18.7. The van der Waals surface area contributed by atoms with E-state index in [0.29, 0.717) is 0 Å². The second-order valence-electron chi connectivity index (χ2n) is 6.78. The van der Waals surface area contributed by atoms with E-state index in [1.54, 1.807) is 0 Å². The molecular formula is C20H34N4OS. The van der Waals surface area contributed by atoms with Crippen LogP contribution in [0, 0.1) is 0 Å². The average molecular weight is 379 g/mol. The van der Waals surface area contributed by atoms with Crippen molar-refractivity contribution in [2.75, 3.05) is 44.9 Å². The Labute approximate surface area is 162 Å². The van der Waals surface area contributed by atoms with Gasteiger partial charge in [0.25, 0.3) is 0 Å². The van der Waals surface area contributed by atoms with Crippen LogP contribution in [-0.2, 0) is 4.74 Å². The van der Waals surface area contributed by atoms with Crippen molar-refractivity contribution in [3.63, 3.8) is 0 Å². The third-order valence-corrected chi connectivity index (χ3v) is 5.37. The minimum absolute atomic E-state index is 0.0185. The molecule has 1 atom stereocenters. The van der Waals surface area contributed by atoms with Crippen LogP contribution in [0.5, 0.6) is 0 Å². The predicted octanol–water partition coefficient (Wildman–Crippen LogP) is 2.80. The summed E-state index contributed by atoms with van der Waals surface area (Å²) in [5.41, 5.74) is 1.29. The van der Waals surface area contributed by atoms with E-state index in [2.05, 4.69) is 66.4 Å². The molecule has 26 heavy (non-hydrogen) atoms. The van der Waals surface area contributed by atoms with Gasteiger partial charge in [-0.05, 0) is 38.5 Å². The molecule has 146 valence electrons. The van der Waals surface area contributed by atoms with Crippen LogP contribution in [0.25, 0.3) is 0 Å². The van der Waals surface area contributed by atoms with E-state index in [9.17, 15) is 0 Å². The van der Waals surface area contributed by atoms with Crippen LogP contribution in [0.15, 0.2) is 35.3 Å². The molecule has 1 heterocycles. The van der Waals surface area contributed by atoms with E-state index < -0.39 is 0 Å². The molecule has 0 aromatic heterocycles. The highest BCUT2D eigenvalue weighted by Crippen LogP contribution is 2.25. The van der Waals surface area contributed by atoms with E-state index in [0.717, 1.165) is 57.4 Å². The number of benzene rings is 1. The van der Waals surface area contributed by atoms with Gasteiger partial charge in [0.15, 0.2) is 5.96 Å². The maximum absolute atomic E-state index is 5.62. The number of thioether (sulfide) groups is 1. The summed E-state index contributed by atoms with van der Waals surface area (Å²) in [7, 11) is 0. The van der Waals surface area contributed by atoms with E-state index in [1.165, 1.54) is 5.56 Å². The molecule has 1 saturated heterocycles. The number of hydrogen-bond donors (Lipinski definition) is 3. The predicted molar refractivity (Wildman–Crippen MR) is 113 cm³/mol.